The number of ether oxygens (including phenoxy) is 1. The Balaban J connectivity index is 1.88. The van der Waals surface area contributed by atoms with E-state index in [1.54, 1.807) is 30.1 Å². The van der Waals surface area contributed by atoms with E-state index in [0.717, 1.165) is 22.3 Å². The first-order chi connectivity index (χ1) is 14.4. The van der Waals surface area contributed by atoms with Gasteiger partial charge in [0.05, 0.1) is 23.6 Å². The number of pyridine rings is 2. The van der Waals surface area contributed by atoms with Gasteiger partial charge in [-0.15, -0.1) is 0 Å². The maximum absolute atomic E-state index is 11.9. The van der Waals surface area contributed by atoms with Crippen LogP contribution in [0.15, 0.2) is 48.9 Å². The number of nitrogens with zero attached hydrogens (tertiary/aromatic N) is 4. The highest BCUT2D eigenvalue weighted by molar-refractivity contribution is 6.03. The molecule has 4 rings (SSSR count). The summed E-state index contributed by atoms with van der Waals surface area (Å²) in [6.45, 7) is 1.74. The van der Waals surface area contributed by atoms with Crippen molar-refractivity contribution in [1.82, 2.24) is 19.7 Å². The summed E-state index contributed by atoms with van der Waals surface area (Å²) in [5, 5.41) is 14.5. The van der Waals surface area contributed by atoms with Gasteiger partial charge in [-0.3, -0.25) is 4.68 Å². The zero-order chi connectivity index (χ0) is 21.4. The molecule has 0 aliphatic rings. The second kappa shape index (κ2) is 7.57. The number of methoxy groups -OCH3 is 1. The minimum absolute atomic E-state index is 0.0793. The van der Waals surface area contributed by atoms with Crippen molar-refractivity contribution in [2.45, 2.75) is 13.0 Å². The van der Waals surface area contributed by atoms with E-state index in [9.17, 15) is 9.90 Å². The molecule has 0 radical (unpaired) electrons. The van der Waals surface area contributed by atoms with Gasteiger partial charge in [-0.25, -0.2) is 14.8 Å². The van der Waals surface area contributed by atoms with Crippen molar-refractivity contribution in [2.75, 3.05) is 12.8 Å². The molecule has 0 saturated heterocycles. The Morgan fingerprint density at radius 3 is 2.47 bits per heavy atom. The van der Waals surface area contributed by atoms with Gasteiger partial charge in [0.2, 0.25) is 0 Å². The van der Waals surface area contributed by atoms with Crippen LogP contribution in [0.5, 0.6) is 0 Å². The van der Waals surface area contributed by atoms with Crippen LogP contribution in [0.3, 0.4) is 0 Å². The molecule has 152 valence electrons. The fourth-order valence-electron chi connectivity index (χ4n) is 3.43. The van der Waals surface area contributed by atoms with Crippen LogP contribution in [0, 0.1) is 0 Å². The smallest absolute Gasteiger partial charge is 0.337 e. The Morgan fingerprint density at radius 2 is 1.87 bits per heavy atom. The number of carboxylic acids is 1. The molecule has 0 aliphatic carbocycles. The second-order valence-electron chi connectivity index (χ2n) is 7.04. The van der Waals surface area contributed by atoms with Crippen LogP contribution in [0.4, 0.5) is 5.82 Å². The molecule has 3 aromatic heterocycles. The van der Waals surface area contributed by atoms with Crippen LogP contribution in [0.1, 0.15) is 29.1 Å². The molecule has 8 heteroatoms. The summed E-state index contributed by atoms with van der Waals surface area (Å²) in [7, 11) is 3.37. The third-order valence-corrected chi connectivity index (χ3v) is 5.12. The van der Waals surface area contributed by atoms with Crippen LogP contribution in [0.2, 0.25) is 0 Å². The summed E-state index contributed by atoms with van der Waals surface area (Å²) in [5.41, 5.74) is 10.6. The van der Waals surface area contributed by atoms with E-state index in [1.165, 1.54) is 7.11 Å². The zero-order valence-corrected chi connectivity index (χ0v) is 16.8. The van der Waals surface area contributed by atoms with Gasteiger partial charge in [0.15, 0.2) is 0 Å². The third kappa shape index (κ3) is 3.37. The minimum atomic E-state index is -1.07. The molecule has 0 amide bonds. The van der Waals surface area contributed by atoms with Crippen LogP contribution in [-0.4, -0.2) is 37.9 Å². The zero-order valence-electron chi connectivity index (χ0n) is 16.8. The molecule has 8 nitrogen and oxygen atoms in total. The molecule has 0 aliphatic heterocycles. The SMILES string of the molecule is COC(C)c1nc2c(N)ncc(-c3ccc(-c4cnn(C)c4)cc3)c2cc1C(=O)O. The Kier molecular flexibility index (Phi) is 4.93. The van der Waals surface area contributed by atoms with E-state index in [-0.39, 0.29) is 11.4 Å². The lowest BCUT2D eigenvalue weighted by Crippen LogP contribution is -2.11. The number of carbonyl (C=O) groups is 1. The lowest BCUT2D eigenvalue weighted by Gasteiger charge is -2.15. The molecule has 1 unspecified atom stereocenters. The molecule has 0 saturated carbocycles. The van der Waals surface area contributed by atoms with Crippen LogP contribution in [0.25, 0.3) is 33.2 Å². The molecular formula is C22H21N5O3. The number of nitrogens with two attached hydrogens (primary N) is 1. The number of aromatic nitrogens is 4. The molecule has 0 fully saturated rings. The number of hydrogen-bond acceptors (Lipinski definition) is 6. The highest BCUT2D eigenvalue weighted by Crippen LogP contribution is 2.34. The largest absolute Gasteiger partial charge is 0.478 e. The molecule has 1 aromatic carbocycles. The number of hydrogen-bond donors (Lipinski definition) is 2. The summed E-state index contributed by atoms with van der Waals surface area (Å²) in [6, 6.07) is 9.49. The predicted octanol–water partition coefficient (Wildman–Crippen LogP) is 3.69. The van der Waals surface area contributed by atoms with Gasteiger partial charge in [-0.2, -0.15) is 5.10 Å². The topological polar surface area (TPSA) is 116 Å². The number of nitrogen functional groups attached to an aromatic ring is 1. The summed E-state index contributed by atoms with van der Waals surface area (Å²) < 4.78 is 7.04. The molecular weight excluding hydrogens is 382 g/mol. The van der Waals surface area contributed by atoms with Crippen LogP contribution in [-0.2, 0) is 11.8 Å². The highest BCUT2D eigenvalue weighted by Gasteiger charge is 2.21. The fraction of sp³-hybridized carbons (Fsp3) is 0.182. The Bertz CT molecular complexity index is 1250. The number of benzene rings is 1. The average molecular weight is 403 g/mol. The Morgan fingerprint density at radius 1 is 1.17 bits per heavy atom. The van der Waals surface area contributed by atoms with Crippen molar-refractivity contribution in [3.05, 3.63) is 60.2 Å². The third-order valence-electron chi connectivity index (χ3n) is 5.12. The monoisotopic (exact) mass is 403 g/mol. The van der Waals surface area contributed by atoms with Crippen LogP contribution >= 0.6 is 0 Å². The molecule has 3 N–H and O–H groups in total. The van der Waals surface area contributed by atoms with Crippen molar-refractivity contribution in [2.24, 2.45) is 7.05 Å². The standard InChI is InChI=1S/C22H21N5O3/c1-12(30-3)19-17(22(28)29)8-16-18(10-24-21(23)20(16)26-19)14-6-4-13(5-7-14)15-9-25-27(2)11-15/h4-12H,1-3H3,(H2,23,24)(H,28,29). The van der Waals surface area contributed by atoms with E-state index in [4.69, 9.17) is 10.5 Å². The summed E-state index contributed by atoms with van der Waals surface area (Å²) in [4.78, 5) is 20.7. The molecule has 0 spiro atoms. The maximum atomic E-state index is 11.9. The van der Waals surface area contributed by atoms with E-state index >= 15 is 0 Å². The van der Waals surface area contributed by atoms with Gasteiger partial charge in [-0.05, 0) is 24.1 Å². The molecule has 1 atom stereocenters. The number of carboxylic acid groups (broad SMARTS) is 1. The first-order valence-corrected chi connectivity index (χ1v) is 9.33. The summed E-state index contributed by atoms with van der Waals surface area (Å²) in [6.07, 6.45) is 4.89. The molecule has 30 heavy (non-hydrogen) atoms. The Labute approximate surface area is 173 Å². The quantitative estimate of drug-likeness (QED) is 0.522. The van der Waals surface area contributed by atoms with E-state index in [2.05, 4.69) is 15.1 Å². The normalized spacial score (nSPS) is 12.2. The summed E-state index contributed by atoms with van der Waals surface area (Å²) in [5.74, 6) is -0.834. The van der Waals surface area contributed by atoms with Gasteiger partial charge >= 0.3 is 5.97 Å². The number of rotatable bonds is 5. The van der Waals surface area contributed by atoms with Crippen molar-refractivity contribution in [3.63, 3.8) is 0 Å². The van der Waals surface area contributed by atoms with Crippen molar-refractivity contribution < 1.29 is 14.6 Å². The second-order valence-corrected chi connectivity index (χ2v) is 7.04. The predicted molar refractivity (Wildman–Crippen MR) is 114 cm³/mol. The van der Waals surface area contributed by atoms with Crippen LogP contribution < -0.4 is 5.73 Å². The average Bonchev–Trinajstić information content (AvgIpc) is 3.19. The number of fused-ring (bicyclic) bond motifs is 1. The van der Waals surface area contributed by atoms with E-state index in [0.29, 0.717) is 16.6 Å². The molecule has 4 aromatic rings. The van der Waals surface area contributed by atoms with Gasteiger partial charge in [0.25, 0.3) is 0 Å². The van der Waals surface area contributed by atoms with Gasteiger partial charge in [0.1, 0.15) is 11.3 Å². The number of aryl methyl sites for hydroxylation is 1. The lowest BCUT2D eigenvalue weighted by atomic mass is 9.98. The van der Waals surface area contributed by atoms with Crippen molar-refractivity contribution in [3.8, 4) is 22.3 Å². The fourth-order valence-corrected chi connectivity index (χ4v) is 3.43. The number of aromatic carboxylic acids is 1. The number of anilines is 1. The minimum Gasteiger partial charge on any atom is -0.478 e. The molecule has 0 bridgehead atoms. The van der Waals surface area contributed by atoms with Gasteiger partial charge < -0.3 is 15.6 Å². The van der Waals surface area contributed by atoms with Gasteiger partial charge in [0, 0.05) is 43.1 Å². The van der Waals surface area contributed by atoms with Crippen molar-refractivity contribution >= 4 is 22.7 Å². The molecule has 3 heterocycles. The maximum Gasteiger partial charge on any atom is 0.337 e. The van der Waals surface area contributed by atoms with E-state index in [1.807, 2.05) is 37.5 Å². The van der Waals surface area contributed by atoms with E-state index < -0.39 is 12.1 Å². The highest BCUT2D eigenvalue weighted by atomic mass is 16.5. The summed E-state index contributed by atoms with van der Waals surface area (Å²) >= 11 is 0. The van der Waals surface area contributed by atoms with Crippen molar-refractivity contribution in [1.29, 1.82) is 0 Å². The van der Waals surface area contributed by atoms with Gasteiger partial charge in [-0.1, -0.05) is 24.3 Å². The Hall–Kier alpha value is -3.78. The first-order valence-electron chi connectivity index (χ1n) is 9.33. The first kappa shape index (κ1) is 19.5. The lowest BCUT2D eigenvalue weighted by molar-refractivity contribution is 0.0681.